The molecule has 0 spiro atoms. The van der Waals surface area contributed by atoms with Gasteiger partial charge < -0.3 is 19.7 Å². The molecule has 1 saturated heterocycles. The Kier molecular flexibility index (Phi) is 6.06. The number of nitrogens with one attached hydrogen (secondary N) is 1. The summed E-state index contributed by atoms with van der Waals surface area (Å²) in [6, 6.07) is 14.7. The van der Waals surface area contributed by atoms with Gasteiger partial charge in [0, 0.05) is 24.9 Å². The number of aliphatic hydroxyl groups excluding tert-OH is 1. The van der Waals surface area contributed by atoms with Crippen LogP contribution < -0.4 is 5.32 Å². The Balaban J connectivity index is 1.73. The Hall–Kier alpha value is -2.12. The van der Waals surface area contributed by atoms with Crippen LogP contribution in [0.15, 0.2) is 59.1 Å². The van der Waals surface area contributed by atoms with Gasteiger partial charge in [-0.1, -0.05) is 35.3 Å². The van der Waals surface area contributed by atoms with Crippen molar-refractivity contribution < 1.29 is 9.52 Å². The molecule has 8 heteroatoms. The molecule has 1 aromatic carbocycles. The van der Waals surface area contributed by atoms with Gasteiger partial charge in [-0.3, -0.25) is 4.98 Å². The maximum atomic E-state index is 9.31. The van der Waals surface area contributed by atoms with Crippen LogP contribution in [-0.4, -0.2) is 33.3 Å². The van der Waals surface area contributed by atoms with E-state index < -0.39 is 0 Å². The minimum Gasteiger partial charge on any atom is -0.459 e. The summed E-state index contributed by atoms with van der Waals surface area (Å²) in [6.45, 7) is 0.686. The number of pyridine rings is 1. The first-order valence-corrected chi connectivity index (χ1v) is 10.4. The van der Waals surface area contributed by atoms with E-state index in [1.54, 1.807) is 12.3 Å². The van der Waals surface area contributed by atoms with Gasteiger partial charge in [0.15, 0.2) is 5.11 Å². The van der Waals surface area contributed by atoms with Crippen molar-refractivity contribution in [1.29, 1.82) is 0 Å². The summed E-state index contributed by atoms with van der Waals surface area (Å²) in [4.78, 5) is 6.53. The van der Waals surface area contributed by atoms with Crippen LogP contribution in [0.2, 0.25) is 10.0 Å². The highest BCUT2D eigenvalue weighted by Gasteiger charge is 2.41. The zero-order chi connectivity index (χ0) is 20.4. The summed E-state index contributed by atoms with van der Waals surface area (Å²) < 4.78 is 6.23. The van der Waals surface area contributed by atoms with E-state index in [0.717, 1.165) is 17.0 Å². The number of rotatable bonds is 6. The molecule has 2 aromatic heterocycles. The fourth-order valence-corrected chi connectivity index (χ4v) is 4.27. The SMILES string of the molecule is OCCCN1C(=S)N[C@H](c2ccccn2)[C@@H]1c1ccc(-c2cccc(Cl)c2Cl)o1. The second-order valence-electron chi connectivity index (χ2n) is 6.70. The first kappa shape index (κ1) is 20.2. The van der Waals surface area contributed by atoms with Gasteiger partial charge >= 0.3 is 0 Å². The Bertz CT molecular complexity index is 1010. The Labute approximate surface area is 184 Å². The van der Waals surface area contributed by atoms with E-state index in [1.165, 1.54) is 0 Å². The molecule has 1 aliphatic rings. The Morgan fingerprint density at radius 3 is 2.76 bits per heavy atom. The minimum atomic E-state index is -0.198. The molecule has 0 unspecified atom stereocenters. The highest BCUT2D eigenvalue weighted by molar-refractivity contribution is 7.80. The largest absolute Gasteiger partial charge is 0.459 e. The van der Waals surface area contributed by atoms with Gasteiger partial charge in [0.05, 0.1) is 21.8 Å². The molecule has 0 saturated carbocycles. The van der Waals surface area contributed by atoms with E-state index in [0.29, 0.717) is 33.9 Å². The first-order valence-electron chi connectivity index (χ1n) is 9.23. The number of aliphatic hydroxyl groups is 1. The van der Waals surface area contributed by atoms with E-state index in [-0.39, 0.29) is 18.7 Å². The van der Waals surface area contributed by atoms with Crippen LogP contribution in [0.4, 0.5) is 0 Å². The fourth-order valence-electron chi connectivity index (χ4n) is 3.55. The summed E-state index contributed by atoms with van der Waals surface area (Å²) in [5.74, 6) is 1.36. The average molecular weight is 448 g/mol. The third-order valence-electron chi connectivity index (χ3n) is 4.89. The molecule has 1 fully saturated rings. The average Bonchev–Trinajstić information content (AvgIpc) is 3.33. The van der Waals surface area contributed by atoms with Crippen molar-refractivity contribution in [3.63, 3.8) is 0 Å². The summed E-state index contributed by atoms with van der Waals surface area (Å²) in [7, 11) is 0. The van der Waals surface area contributed by atoms with Crippen LogP contribution in [0.3, 0.4) is 0 Å². The maximum absolute atomic E-state index is 9.31. The molecule has 4 rings (SSSR count). The number of thiocarbonyl (C=S) groups is 1. The second kappa shape index (κ2) is 8.71. The summed E-state index contributed by atoms with van der Waals surface area (Å²) in [5, 5.41) is 14.2. The van der Waals surface area contributed by atoms with E-state index in [1.807, 2.05) is 47.4 Å². The Morgan fingerprint density at radius 1 is 1.14 bits per heavy atom. The second-order valence-corrected chi connectivity index (χ2v) is 7.87. The van der Waals surface area contributed by atoms with Gasteiger partial charge in [-0.2, -0.15) is 0 Å². The lowest BCUT2D eigenvalue weighted by molar-refractivity contribution is 0.233. The minimum absolute atomic E-state index is 0.0849. The summed E-state index contributed by atoms with van der Waals surface area (Å²) >= 11 is 18.1. The highest BCUT2D eigenvalue weighted by atomic mass is 35.5. The molecular weight excluding hydrogens is 429 g/mol. The molecule has 3 heterocycles. The van der Waals surface area contributed by atoms with Crippen molar-refractivity contribution in [3.8, 4) is 11.3 Å². The number of nitrogens with zero attached hydrogens (tertiary/aromatic N) is 2. The van der Waals surface area contributed by atoms with E-state index in [9.17, 15) is 5.11 Å². The lowest BCUT2D eigenvalue weighted by Crippen LogP contribution is -2.30. The first-order chi connectivity index (χ1) is 14.1. The van der Waals surface area contributed by atoms with Crippen LogP contribution >= 0.6 is 35.4 Å². The molecule has 1 aliphatic heterocycles. The van der Waals surface area contributed by atoms with Crippen molar-refractivity contribution in [1.82, 2.24) is 15.2 Å². The van der Waals surface area contributed by atoms with E-state index in [2.05, 4.69) is 10.3 Å². The predicted octanol–water partition coefficient (Wildman–Crippen LogP) is 5.00. The maximum Gasteiger partial charge on any atom is 0.170 e. The quantitative estimate of drug-likeness (QED) is 0.518. The number of hydrogen-bond acceptors (Lipinski definition) is 4. The molecule has 0 radical (unpaired) electrons. The van der Waals surface area contributed by atoms with Crippen molar-refractivity contribution in [2.45, 2.75) is 18.5 Å². The van der Waals surface area contributed by atoms with Gasteiger partial charge in [0.25, 0.3) is 0 Å². The molecule has 0 amide bonds. The Morgan fingerprint density at radius 2 is 2.00 bits per heavy atom. The van der Waals surface area contributed by atoms with Crippen LogP contribution in [0.1, 0.15) is 30.0 Å². The van der Waals surface area contributed by atoms with E-state index >= 15 is 0 Å². The number of furan rings is 1. The van der Waals surface area contributed by atoms with E-state index in [4.69, 9.17) is 39.8 Å². The standard InChI is InChI=1S/C21H19Cl2N3O2S/c22-14-6-3-5-13(18(14)23)16-8-9-17(28-16)20-19(15-7-1-2-10-24-15)25-21(29)26(20)11-4-12-27/h1-3,5-10,19-20,27H,4,11-12H2,(H,25,29)/t19-,20+/m1/s1. The molecular formula is C21H19Cl2N3O2S. The smallest absolute Gasteiger partial charge is 0.170 e. The zero-order valence-electron chi connectivity index (χ0n) is 15.4. The molecule has 0 bridgehead atoms. The molecule has 3 aromatic rings. The fraction of sp³-hybridized carbons (Fsp3) is 0.238. The molecule has 2 N–H and O–H groups in total. The number of benzene rings is 1. The molecule has 150 valence electrons. The van der Waals surface area contributed by atoms with Crippen LogP contribution in [0.5, 0.6) is 0 Å². The topological polar surface area (TPSA) is 61.5 Å². The lowest BCUT2D eigenvalue weighted by atomic mass is 10.0. The van der Waals surface area contributed by atoms with Gasteiger partial charge in [-0.15, -0.1) is 0 Å². The summed E-state index contributed by atoms with van der Waals surface area (Å²) in [6.07, 6.45) is 2.35. The van der Waals surface area contributed by atoms with Gasteiger partial charge in [0.2, 0.25) is 0 Å². The molecule has 5 nitrogen and oxygen atoms in total. The van der Waals surface area contributed by atoms with Crippen LogP contribution in [0, 0.1) is 0 Å². The molecule has 2 atom stereocenters. The van der Waals surface area contributed by atoms with Crippen molar-refractivity contribution >= 4 is 40.5 Å². The third kappa shape index (κ3) is 3.98. The molecule has 29 heavy (non-hydrogen) atoms. The van der Waals surface area contributed by atoms with Crippen molar-refractivity contribution in [2.24, 2.45) is 0 Å². The normalized spacial score (nSPS) is 18.9. The van der Waals surface area contributed by atoms with Gasteiger partial charge in [0.1, 0.15) is 17.6 Å². The zero-order valence-corrected chi connectivity index (χ0v) is 17.7. The number of halogens is 2. The highest BCUT2D eigenvalue weighted by Crippen LogP contribution is 2.41. The van der Waals surface area contributed by atoms with Crippen molar-refractivity contribution in [3.05, 3.63) is 76.2 Å². The summed E-state index contributed by atoms with van der Waals surface area (Å²) in [5.41, 5.74) is 1.60. The van der Waals surface area contributed by atoms with Crippen LogP contribution in [-0.2, 0) is 0 Å². The number of hydrogen-bond donors (Lipinski definition) is 2. The van der Waals surface area contributed by atoms with Crippen LogP contribution in [0.25, 0.3) is 11.3 Å². The third-order valence-corrected chi connectivity index (χ3v) is 6.06. The lowest BCUT2D eigenvalue weighted by Gasteiger charge is -2.25. The van der Waals surface area contributed by atoms with Gasteiger partial charge in [-0.05, 0) is 55.0 Å². The molecule has 0 aliphatic carbocycles. The monoisotopic (exact) mass is 447 g/mol. The number of aromatic nitrogens is 1. The van der Waals surface area contributed by atoms with Crippen molar-refractivity contribution in [2.75, 3.05) is 13.2 Å². The van der Waals surface area contributed by atoms with Gasteiger partial charge in [-0.25, -0.2) is 0 Å². The predicted molar refractivity (Wildman–Crippen MR) is 118 cm³/mol.